The Balaban J connectivity index is 2.36. The lowest BCUT2D eigenvalue weighted by Gasteiger charge is -2.16. The smallest absolute Gasteiger partial charge is 0.141 e. The summed E-state index contributed by atoms with van der Waals surface area (Å²) in [4.78, 5) is 0. The molecule has 1 heterocycles. The second-order valence-electron chi connectivity index (χ2n) is 3.79. The summed E-state index contributed by atoms with van der Waals surface area (Å²) < 4.78 is 1.66. The lowest BCUT2D eigenvalue weighted by atomic mass is 10.2. The topological polar surface area (TPSA) is 64.1 Å². The van der Waals surface area contributed by atoms with Crippen molar-refractivity contribution in [2.24, 2.45) is 0 Å². The van der Waals surface area contributed by atoms with Crippen LogP contribution in [0.15, 0.2) is 0 Å². The van der Waals surface area contributed by atoms with Gasteiger partial charge in [-0.05, 0) is 26.2 Å². The van der Waals surface area contributed by atoms with E-state index in [2.05, 4.69) is 5.10 Å². The molecule has 2 rings (SSSR count). The van der Waals surface area contributed by atoms with Crippen molar-refractivity contribution in [1.29, 1.82) is 0 Å². The van der Waals surface area contributed by atoms with E-state index >= 15 is 0 Å². The molecule has 1 aliphatic rings. The van der Waals surface area contributed by atoms with Gasteiger partial charge in [0.1, 0.15) is 10.8 Å². The molecule has 1 aliphatic carbocycles. The highest BCUT2D eigenvalue weighted by Gasteiger charge is 2.29. The summed E-state index contributed by atoms with van der Waals surface area (Å²) in [5.41, 5.74) is 6.53. The van der Waals surface area contributed by atoms with Crippen molar-refractivity contribution in [3.05, 3.63) is 10.7 Å². The summed E-state index contributed by atoms with van der Waals surface area (Å²) in [6.45, 7) is 1.82. The highest BCUT2D eigenvalue weighted by molar-refractivity contribution is 6.33. The fourth-order valence-electron chi connectivity index (χ4n) is 2.00. The van der Waals surface area contributed by atoms with E-state index < -0.39 is 0 Å². The van der Waals surface area contributed by atoms with Gasteiger partial charge in [-0.3, -0.25) is 0 Å². The third kappa shape index (κ3) is 1.38. The predicted octanol–water partition coefficient (Wildman–Crippen LogP) is 1.51. The number of rotatable bonds is 1. The fraction of sp³-hybridized carbons (Fsp3) is 0.667. The zero-order valence-corrected chi connectivity index (χ0v) is 8.83. The second-order valence-corrected chi connectivity index (χ2v) is 4.17. The Morgan fingerprint density at radius 2 is 2.29 bits per heavy atom. The normalized spacial score (nSPS) is 27.1. The molecule has 1 aromatic heterocycles. The summed E-state index contributed by atoms with van der Waals surface area (Å²) >= 11 is 5.93. The molecule has 2 atom stereocenters. The number of aliphatic hydroxyl groups excluding tert-OH is 1. The number of nitrogens with two attached hydrogens (primary N) is 1. The molecule has 0 radical (unpaired) electrons. The molecule has 3 N–H and O–H groups in total. The molecule has 78 valence electrons. The quantitative estimate of drug-likeness (QED) is 0.747. The third-order valence-electron chi connectivity index (χ3n) is 2.81. The number of hydrogen-bond acceptors (Lipinski definition) is 3. The lowest BCUT2D eigenvalue weighted by molar-refractivity contribution is 0.131. The van der Waals surface area contributed by atoms with Crippen molar-refractivity contribution in [3.63, 3.8) is 0 Å². The third-order valence-corrected chi connectivity index (χ3v) is 3.27. The van der Waals surface area contributed by atoms with Crippen molar-refractivity contribution in [3.8, 4) is 0 Å². The van der Waals surface area contributed by atoms with E-state index in [1.54, 1.807) is 4.68 Å². The minimum Gasteiger partial charge on any atom is -0.391 e. The first-order chi connectivity index (χ1) is 6.61. The molecule has 0 bridgehead atoms. The van der Waals surface area contributed by atoms with Gasteiger partial charge in [-0.1, -0.05) is 11.6 Å². The molecular formula is C9H14ClN3O. The van der Waals surface area contributed by atoms with Crippen molar-refractivity contribution in [2.45, 2.75) is 38.3 Å². The maximum Gasteiger partial charge on any atom is 0.141 e. The Morgan fingerprint density at radius 3 is 2.71 bits per heavy atom. The molecule has 14 heavy (non-hydrogen) atoms. The molecule has 5 heteroatoms. The van der Waals surface area contributed by atoms with E-state index in [1.807, 2.05) is 6.92 Å². The van der Waals surface area contributed by atoms with Crippen LogP contribution in [0.3, 0.4) is 0 Å². The zero-order chi connectivity index (χ0) is 10.3. The van der Waals surface area contributed by atoms with Crippen LogP contribution in [0.5, 0.6) is 0 Å². The highest BCUT2D eigenvalue weighted by atomic mass is 35.5. The van der Waals surface area contributed by atoms with E-state index in [4.69, 9.17) is 17.3 Å². The molecule has 1 fully saturated rings. The summed E-state index contributed by atoms with van der Waals surface area (Å²) in [5.74, 6) is 0.468. The number of aryl methyl sites for hydroxylation is 1. The molecule has 0 aliphatic heterocycles. The average molecular weight is 216 g/mol. The standard InChI is InChI=1S/C9H14ClN3O/c1-5-8(10)9(11)13(12-5)6-3-2-4-7(6)14/h6-7,14H,2-4,11H2,1H3. The van der Waals surface area contributed by atoms with Gasteiger partial charge in [-0.25, -0.2) is 4.68 Å². The highest BCUT2D eigenvalue weighted by Crippen LogP contribution is 2.34. The predicted molar refractivity (Wildman–Crippen MR) is 55.3 cm³/mol. The van der Waals surface area contributed by atoms with E-state index in [-0.39, 0.29) is 12.1 Å². The summed E-state index contributed by atoms with van der Waals surface area (Å²) in [5, 5.41) is 14.5. The molecule has 4 nitrogen and oxygen atoms in total. The van der Waals surface area contributed by atoms with Crippen LogP contribution in [0.25, 0.3) is 0 Å². The maximum absolute atomic E-state index is 9.71. The largest absolute Gasteiger partial charge is 0.391 e. The minimum atomic E-state index is -0.340. The summed E-state index contributed by atoms with van der Waals surface area (Å²) in [7, 11) is 0. The molecule has 0 aromatic carbocycles. The molecule has 1 saturated carbocycles. The number of nitrogens with zero attached hydrogens (tertiary/aromatic N) is 2. The Morgan fingerprint density at radius 1 is 1.57 bits per heavy atom. The molecular weight excluding hydrogens is 202 g/mol. The van der Waals surface area contributed by atoms with Crippen LogP contribution in [0.4, 0.5) is 5.82 Å². The van der Waals surface area contributed by atoms with E-state index in [9.17, 15) is 5.11 Å². The van der Waals surface area contributed by atoms with Crippen LogP contribution < -0.4 is 5.73 Å². The molecule has 0 amide bonds. The summed E-state index contributed by atoms with van der Waals surface area (Å²) in [6, 6.07) is 0.00111. The van der Waals surface area contributed by atoms with Gasteiger partial charge < -0.3 is 10.8 Å². The Bertz CT molecular complexity index is 350. The van der Waals surface area contributed by atoms with Crippen molar-refractivity contribution >= 4 is 17.4 Å². The number of halogens is 1. The maximum atomic E-state index is 9.71. The van der Waals surface area contributed by atoms with Crippen LogP contribution >= 0.6 is 11.6 Å². The van der Waals surface area contributed by atoms with E-state index in [1.165, 1.54) is 0 Å². The van der Waals surface area contributed by atoms with Gasteiger partial charge >= 0.3 is 0 Å². The number of nitrogen functional groups attached to an aromatic ring is 1. The number of aliphatic hydroxyl groups is 1. The molecule has 1 aromatic rings. The number of hydrogen-bond donors (Lipinski definition) is 2. The first kappa shape index (κ1) is 9.80. The molecule has 0 saturated heterocycles. The van der Waals surface area contributed by atoms with Crippen LogP contribution in [0, 0.1) is 6.92 Å². The Labute approximate surface area is 87.7 Å². The SMILES string of the molecule is Cc1nn(C2CCCC2O)c(N)c1Cl. The van der Waals surface area contributed by atoms with Gasteiger partial charge in [0.2, 0.25) is 0 Å². The van der Waals surface area contributed by atoms with Crippen LogP contribution in [0.1, 0.15) is 31.0 Å². The van der Waals surface area contributed by atoms with Gasteiger partial charge in [-0.2, -0.15) is 5.10 Å². The summed E-state index contributed by atoms with van der Waals surface area (Å²) in [6.07, 6.45) is 2.42. The van der Waals surface area contributed by atoms with Crippen LogP contribution in [-0.2, 0) is 0 Å². The lowest BCUT2D eigenvalue weighted by Crippen LogP contribution is -2.20. The zero-order valence-electron chi connectivity index (χ0n) is 8.07. The van der Waals surface area contributed by atoms with Crippen molar-refractivity contribution in [1.82, 2.24) is 9.78 Å². The van der Waals surface area contributed by atoms with Crippen molar-refractivity contribution in [2.75, 3.05) is 5.73 Å². The van der Waals surface area contributed by atoms with E-state index in [0.717, 1.165) is 25.0 Å². The van der Waals surface area contributed by atoms with Crippen molar-refractivity contribution < 1.29 is 5.11 Å². The first-order valence-electron chi connectivity index (χ1n) is 4.79. The van der Waals surface area contributed by atoms with Gasteiger partial charge in [0.05, 0.1) is 17.8 Å². The fourth-order valence-corrected chi connectivity index (χ4v) is 2.13. The average Bonchev–Trinajstić information content (AvgIpc) is 2.66. The van der Waals surface area contributed by atoms with Crippen LogP contribution in [0.2, 0.25) is 5.02 Å². The first-order valence-corrected chi connectivity index (χ1v) is 5.17. The van der Waals surface area contributed by atoms with Gasteiger partial charge in [0.15, 0.2) is 0 Å². The van der Waals surface area contributed by atoms with E-state index in [0.29, 0.717) is 10.8 Å². The number of anilines is 1. The van der Waals surface area contributed by atoms with Gasteiger partial charge in [0.25, 0.3) is 0 Å². The Kier molecular flexibility index (Phi) is 2.41. The Hall–Kier alpha value is -0.740. The second kappa shape index (κ2) is 3.44. The van der Waals surface area contributed by atoms with Gasteiger partial charge in [-0.15, -0.1) is 0 Å². The molecule has 0 spiro atoms. The monoisotopic (exact) mass is 215 g/mol. The van der Waals surface area contributed by atoms with Gasteiger partial charge in [0, 0.05) is 0 Å². The molecule has 2 unspecified atom stereocenters. The number of aromatic nitrogens is 2. The van der Waals surface area contributed by atoms with Crippen LogP contribution in [-0.4, -0.2) is 21.0 Å². The minimum absolute atomic E-state index is 0.00111.